The number of carbonyl (C=O) groups excluding carboxylic acids is 1. The molecular formula is C16H16N4O4S2. The summed E-state index contributed by atoms with van der Waals surface area (Å²) < 4.78 is 31.4. The van der Waals surface area contributed by atoms with Gasteiger partial charge >= 0.3 is 0 Å². The molecule has 4 rings (SSSR count). The van der Waals surface area contributed by atoms with E-state index in [0.29, 0.717) is 16.3 Å². The van der Waals surface area contributed by atoms with Gasteiger partial charge in [0, 0.05) is 24.5 Å². The van der Waals surface area contributed by atoms with Crippen molar-refractivity contribution in [3.8, 4) is 11.5 Å². The molecule has 10 heteroatoms. The Labute approximate surface area is 153 Å². The second-order valence-corrected chi connectivity index (χ2v) is 9.00. The number of thiophene rings is 1. The van der Waals surface area contributed by atoms with Gasteiger partial charge in [0.05, 0.1) is 10.9 Å². The number of carbonyl (C=O) groups is 1. The summed E-state index contributed by atoms with van der Waals surface area (Å²) in [6.45, 7) is 2.01. The summed E-state index contributed by atoms with van der Waals surface area (Å²) >= 11 is 1.32. The summed E-state index contributed by atoms with van der Waals surface area (Å²) in [4.78, 5) is 13.5. The molecule has 1 atom stereocenters. The standard InChI is InChI=1S/C16H16N4O4S2/c1-9-3-4-13(24-9)10-7-11(19-18-10)16(21)17-12-8-20(2)26(22,23)14-5-6-25-15(12)14/h3-7,12H,8H2,1-2H3,(H,17,21)(H,18,19)/t12-/m1/s1. The summed E-state index contributed by atoms with van der Waals surface area (Å²) in [5.74, 6) is 0.975. The zero-order valence-corrected chi connectivity index (χ0v) is 15.6. The molecule has 3 aromatic heterocycles. The van der Waals surface area contributed by atoms with E-state index in [1.807, 2.05) is 13.0 Å². The number of sulfonamides is 1. The van der Waals surface area contributed by atoms with Crippen LogP contribution in [0.4, 0.5) is 0 Å². The maximum atomic E-state index is 12.6. The SMILES string of the molecule is Cc1ccc(-c2cc(C(=O)N[C@@H]3CN(C)S(=O)(=O)c4ccsc43)n[nH]2)o1. The van der Waals surface area contributed by atoms with E-state index in [-0.39, 0.29) is 23.0 Å². The summed E-state index contributed by atoms with van der Waals surface area (Å²) in [6.07, 6.45) is 0. The summed E-state index contributed by atoms with van der Waals surface area (Å²) in [5, 5.41) is 11.4. The highest BCUT2D eigenvalue weighted by Gasteiger charge is 2.36. The van der Waals surface area contributed by atoms with Crippen molar-refractivity contribution in [1.29, 1.82) is 0 Å². The largest absolute Gasteiger partial charge is 0.460 e. The van der Waals surface area contributed by atoms with E-state index in [1.165, 1.54) is 22.7 Å². The predicted octanol–water partition coefficient (Wildman–Crippen LogP) is 2.14. The number of hydrogen-bond acceptors (Lipinski definition) is 6. The van der Waals surface area contributed by atoms with E-state index >= 15 is 0 Å². The van der Waals surface area contributed by atoms with Crippen LogP contribution in [0.5, 0.6) is 0 Å². The Morgan fingerprint density at radius 1 is 1.42 bits per heavy atom. The molecule has 0 saturated heterocycles. The second kappa shape index (κ2) is 6.08. The third kappa shape index (κ3) is 2.75. The number of H-pyrrole nitrogens is 1. The lowest BCUT2D eigenvalue weighted by Gasteiger charge is -2.29. The Morgan fingerprint density at radius 2 is 2.23 bits per heavy atom. The highest BCUT2D eigenvalue weighted by atomic mass is 32.2. The van der Waals surface area contributed by atoms with Crippen LogP contribution in [0.3, 0.4) is 0 Å². The number of amides is 1. The molecule has 0 aliphatic carbocycles. The Kier molecular flexibility index (Phi) is 3.98. The van der Waals surface area contributed by atoms with Crippen molar-refractivity contribution in [3.05, 3.63) is 46.0 Å². The minimum Gasteiger partial charge on any atom is -0.460 e. The number of nitrogens with one attached hydrogen (secondary N) is 2. The van der Waals surface area contributed by atoms with Gasteiger partial charge < -0.3 is 9.73 Å². The maximum Gasteiger partial charge on any atom is 0.272 e. The van der Waals surface area contributed by atoms with Crippen molar-refractivity contribution >= 4 is 27.3 Å². The lowest BCUT2D eigenvalue weighted by atomic mass is 10.2. The summed E-state index contributed by atoms with van der Waals surface area (Å²) in [5.41, 5.74) is 0.812. The third-order valence-corrected chi connectivity index (χ3v) is 7.26. The molecule has 0 saturated carbocycles. The van der Waals surface area contributed by atoms with Gasteiger partial charge in [-0.25, -0.2) is 8.42 Å². The van der Waals surface area contributed by atoms with E-state index < -0.39 is 16.1 Å². The normalized spacial score (nSPS) is 19.2. The Hall–Kier alpha value is -2.43. The van der Waals surface area contributed by atoms with Crippen LogP contribution in [0, 0.1) is 6.92 Å². The van der Waals surface area contributed by atoms with E-state index in [9.17, 15) is 13.2 Å². The first kappa shape index (κ1) is 17.0. The van der Waals surface area contributed by atoms with Crippen LogP contribution in [0.25, 0.3) is 11.5 Å². The molecule has 3 aromatic rings. The number of aromatic amines is 1. The van der Waals surface area contributed by atoms with Crippen LogP contribution in [0.2, 0.25) is 0 Å². The van der Waals surface area contributed by atoms with Gasteiger partial charge in [-0.3, -0.25) is 9.89 Å². The Morgan fingerprint density at radius 3 is 2.96 bits per heavy atom. The third-order valence-electron chi connectivity index (χ3n) is 4.22. The number of aromatic nitrogens is 2. The number of aryl methyl sites for hydroxylation is 1. The number of rotatable bonds is 3. The molecule has 26 heavy (non-hydrogen) atoms. The number of furan rings is 1. The first-order valence-electron chi connectivity index (χ1n) is 7.83. The molecule has 0 aromatic carbocycles. The molecular weight excluding hydrogens is 376 g/mol. The molecule has 0 fully saturated rings. The van der Waals surface area contributed by atoms with Gasteiger partial charge in [-0.05, 0) is 30.5 Å². The van der Waals surface area contributed by atoms with Crippen molar-refractivity contribution in [2.45, 2.75) is 17.9 Å². The lowest BCUT2D eigenvalue weighted by molar-refractivity contribution is 0.0926. The average molecular weight is 392 g/mol. The fourth-order valence-electron chi connectivity index (χ4n) is 2.87. The Bertz CT molecular complexity index is 1080. The average Bonchev–Trinajstić information content (AvgIpc) is 3.32. The van der Waals surface area contributed by atoms with Crippen LogP contribution in [-0.2, 0) is 10.0 Å². The minimum absolute atomic E-state index is 0.177. The van der Waals surface area contributed by atoms with Crippen LogP contribution >= 0.6 is 11.3 Å². The van der Waals surface area contributed by atoms with Crippen molar-refractivity contribution < 1.29 is 17.6 Å². The van der Waals surface area contributed by atoms with Crippen molar-refractivity contribution in [1.82, 2.24) is 19.8 Å². The molecule has 136 valence electrons. The van der Waals surface area contributed by atoms with E-state index in [4.69, 9.17) is 4.42 Å². The summed E-state index contributed by atoms with van der Waals surface area (Å²) in [7, 11) is -1.98. The van der Waals surface area contributed by atoms with Gasteiger partial charge in [-0.2, -0.15) is 9.40 Å². The fraction of sp³-hybridized carbons (Fsp3) is 0.250. The molecule has 1 aliphatic heterocycles. The van der Waals surface area contributed by atoms with Crippen LogP contribution in [0.1, 0.15) is 27.2 Å². The molecule has 0 bridgehead atoms. The van der Waals surface area contributed by atoms with Gasteiger partial charge in [0.25, 0.3) is 5.91 Å². The highest BCUT2D eigenvalue weighted by molar-refractivity contribution is 7.89. The number of hydrogen-bond donors (Lipinski definition) is 2. The van der Waals surface area contributed by atoms with Crippen molar-refractivity contribution in [2.24, 2.45) is 0 Å². The molecule has 0 spiro atoms. The van der Waals surface area contributed by atoms with Crippen LogP contribution in [-0.4, -0.2) is 42.4 Å². The molecule has 1 amide bonds. The predicted molar refractivity (Wildman–Crippen MR) is 95.4 cm³/mol. The zero-order valence-electron chi connectivity index (χ0n) is 14.0. The summed E-state index contributed by atoms with van der Waals surface area (Å²) in [6, 6.07) is 6.37. The smallest absolute Gasteiger partial charge is 0.272 e. The monoisotopic (exact) mass is 392 g/mol. The van der Waals surface area contributed by atoms with E-state index in [1.54, 1.807) is 23.6 Å². The molecule has 2 N–H and O–H groups in total. The number of nitrogens with zero attached hydrogens (tertiary/aromatic N) is 2. The zero-order chi connectivity index (χ0) is 18.5. The van der Waals surface area contributed by atoms with Crippen molar-refractivity contribution in [2.75, 3.05) is 13.6 Å². The molecule has 8 nitrogen and oxygen atoms in total. The molecule has 1 aliphatic rings. The van der Waals surface area contributed by atoms with E-state index in [0.717, 1.165) is 5.76 Å². The first-order chi connectivity index (χ1) is 12.4. The van der Waals surface area contributed by atoms with Gasteiger partial charge in [0.1, 0.15) is 11.5 Å². The van der Waals surface area contributed by atoms with E-state index in [2.05, 4.69) is 15.5 Å². The van der Waals surface area contributed by atoms with Crippen molar-refractivity contribution in [3.63, 3.8) is 0 Å². The van der Waals surface area contributed by atoms with Gasteiger partial charge in [0.2, 0.25) is 10.0 Å². The lowest BCUT2D eigenvalue weighted by Crippen LogP contribution is -2.42. The minimum atomic E-state index is -3.48. The van der Waals surface area contributed by atoms with Gasteiger partial charge in [-0.1, -0.05) is 0 Å². The first-order valence-corrected chi connectivity index (χ1v) is 10.1. The van der Waals surface area contributed by atoms with Crippen LogP contribution in [0.15, 0.2) is 39.0 Å². The number of fused-ring (bicyclic) bond motifs is 1. The topological polar surface area (TPSA) is 108 Å². The van der Waals surface area contributed by atoms with Gasteiger partial charge in [0.15, 0.2) is 11.5 Å². The second-order valence-electron chi connectivity index (χ2n) is 6.04. The number of likely N-dealkylation sites (N-methyl/N-ethyl adjacent to an activating group) is 1. The quantitative estimate of drug-likeness (QED) is 0.710. The highest BCUT2D eigenvalue weighted by Crippen LogP contribution is 2.35. The molecule has 4 heterocycles. The fourth-order valence-corrected chi connectivity index (χ4v) is 5.57. The van der Waals surface area contributed by atoms with Crippen LogP contribution < -0.4 is 5.32 Å². The Balaban J connectivity index is 1.57. The van der Waals surface area contributed by atoms with Gasteiger partial charge in [-0.15, -0.1) is 11.3 Å². The maximum absolute atomic E-state index is 12.6. The molecule has 0 radical (unpaired) electrons. The molecule has 0 unspecified atom stereocenters.